The molecule has 0 unspecified atom stereocenters. The van der Waals surface area contributed by atoms with Crippen molar-refractivity contribution >= 4 is 23.5 Å². The van der Waals surface area contributed by atoms with Gasteiger partial charge in [-0.05, 0) is 38.3 Å². The molecule has 3 saturated heterocycles. The molecule has 0 aliphatic carbocycles. The lowest BCUT2D eigenvalue weighted by Crippen LogP contribution is -2.46. The van der Waals surface area contributed by atoms with Crippen LogP contribution in [0.2, 0.25) is 0 Å². The molecule has 0 saturated carbocycles. The van der Waals surface area contributed by atoms with Gasteiger partial charge in [0, 0.05) is 24.8 Å². The fourth-order valence-electron chi connectivity index (χ4n) is 4.04. The standard InChI is InChI=1S/C19H23N3O4/c1-12-4-6-14(7-5-12)21-9-8-15(17(21)23)22-18(24)16(20-19(22)25)13-3-2-10-26-11-13/h4-7,13,15-16H,2-3,8-11H2,1H3,(H,20,25)/t13-,15-,16+/m0/s1. The molecule has 3 aliphatic rings. The van der Waals surface area contributed by atoms with Crippen LogP contribution in [-0.4, -0.2) is 54.6 Å². The minimum absolute atomic E-state index is 0.0186. The average molecular weight is 357 g/mol. The highest BCUT2D eigenvalue weighted by Gasteiger charge is 2.50. The maximum atomic E-state index is 12.9. The fraction of sp³-hybridized carbons (Fsp3) is 0.526. The van der Waals surface area contributed by atoms with Gasteiger partial charge < -0.3 is 15.0 Å². The van der Waals surface area contributed by atoms with Crippen molar-refractivity contribution < 1.29 is 19.1 Å². The summed E-state index contributed by atoms with van der Waals surface area (Å²) in [5.74, 6) is -0.512. The molecule has 1 aromatic rings. The highest BCUT2D eigenvalue weighted by Crippen LogP contribution is 2.29. The van der Waals surface area contributed by atoms with Crippen LogP contribution < -0.4 is 10.2 Å². The van der Waals surface area contributed by atoms with E-state index in [4.69, 9.17) is 4.74 Å². The first-order chi connectivity index (χ1) is 12.6. The average Bonchev–Trinajstić information content (AvgIpc) is 3.16. The van der Waals surface area contributed by atoms with Crippen LogP contribution >= 0.6 is 0 Å². The molecule has 4 amide bonds. The minimum Gasteiger partial charge on any atom is -0.381 e. The summed E-state index contributed by atoms with van der Waals surface area (Å²) in [5.41, 5.74) is 1.91. The molecule has 3 heterocycles. The van der Waals surface area contributed by atoms with Gasteiger partial charge in [-0.15, -0.1) is 0 Å². The van der Waals surface area contributed by atoms with E-state index in [1.807, 2.05) is 31.2 Å². The van der Waals surface area contributed by atoms with Crippen LogP contribution in [0.15, 0.2) is 24.3 Å². The molecule has 0 aromatic heterocycles. The Labute approximate surface area is 152 Å². The minimum atomic E-state index is -0.724. The van der Waals surface area contributed by atoms with E-state index >= 15 is 0 Å². The Morgan fingerprint density at radius 1 is 1.08 bits per heavy atom. The summed E-state index contributed by atoms with van der Waals surface area (Å²) in [6.45, 7) is 3.65. The fourth-order valence-corrected chi connectivity index (χ4v) is 4.04. The Morgan fingerprint density at radius 2 is 1.85 bits per heavy atom. The monoisotopic (exact) mass is 357 g/mol. The van der Waals surface area contributed by atoms with Crippen molar-refractivity contribution in [2.75, 3.05) is 24.7 Å². The quantitative estimate of drug-likeness (QED) is 0.831. The molecule has 26 heavy (non-hydrogen) atoms. The van der Waals surface area contributed by atoms with Crippen molar-refractivity contribution in [1.29, 1.82) is 0 Å². The second-order valence-corrected chi connectivity index (χ2v) is 7.24. The molecule has 138 valence electrons. The summed E-state index contributed by atoms with van der Waals surface area (Å²) >= 11 is 0. The molecule has 0 radical (unpaired) electrons. The predicted molar refractivity (Wildman–Crippen MR) is 94.6 cm³/mol. The zero-order valence-corrected chi connectivity index (χ0v) is 14.8. The smallest absolute Gasteiger partial charge is 0.325 e. The van der Waals surface area contributed by atoms with E-state index in [0.717, 1.165) is 29.0 Å². The van der Waals surface area contributed by atoms with Gasteiger partial charge in [-0.25, -0.2) is 9.69 Å². The third kappa shape index (κ3) is 2.86. The zero-order chi connectivity index (χ0) is 18.3. The Balaban J connectivity index is 1.50. The molecule has 3 atom stereocenters. The summed E-state index contributed by atoms with van der Waals surface area (Å²) in [6, 6.07) is 5.91. The second-order valence-electron chi connectivity index (χ2n) is 7.24. The number of amides is 4. The number of anilines is 1. The molecule has 7 heteroatoms. The number of nitrogens with zero attached hydrogens (tertiary/aromatic N) is 2. The number of rotatable bonds is 3. The van der Waals surface area contributed by atoms with E-state index in [-0.39, 0.29) is 17.7 Å². The van der Waals surface area contributed by atoms with Crippen molar-refractivity contribution in [1.82, 2.24) is 10.2 Å². The Hall–Kier alpha value is -2.41. The number of hydrogen-bond acceptors (Lipinski definition) is 4. The number of carbonyl (C=O) groups is 3. The number of urea groups is 1. The SMILES string of the molecule is Cc1ccc(N2CC[C@H](N3C(=O)N[C@H]([C@H]4CCCOC4)C3=O)C2=O)cc1. The van der Waals surface area contributed by atoms with Gasteiger partial charge in [0.15, 0.2) is 0 Å². The van der Waals surface area contributed by atoms with Gasteiger partial charge in [-0.1, -0.05) is 17.7 Å². The van der Waals surface area contributed by atoms with E-state index < -0.39 is 18.1 Å². The normalized spacial score (nSPS) is 29.4. The lowest BCUT2D eigenvalue weighted by atomic mass is 9.93. The number of benzene rings is 1. The van der Waals surface area contributed by atoms with Crippen LogP contribution in [0.1, 0.15) is 24.8 Å². The molecule has 1 aromatic carbocycles. The van der Waals surface area contributed by atoms with E-state index in [0.29, 0.717) is 26.2 Å². The van der Waals surface area contributed by atoms with Gasteiger partial charge in [-0.2, -0.15) is 0 Å². The van der Waals surface area contributed by atoms with E-state index in [9.17, 15) is 14.4 Å². The van der Waals surface area contributed by atoms with Gasteiger partial charge in [0.1, 0.15) is 12.1 Å². The van der Waals surface area contributed by atoms with Gasteiger partial charge in [0.05, 0.1) is 6.61 Å². The number of hydrogen-bond donors (Lipinski definition) is 1. The van der Waals surface area contributed by atoms with Crippen molar-refractivity contribution in [2.45, 2.75) is 38.3 Å². The van der Waals surface area contributed by atoms with Crippen molar-refractivity contribution in [2.24, 2.45) is 5.92 Å². The summed E-state index contributed by atoms with van der Waals surface area (Å²) < 4.78 is 5.45. The highest BCUT2D eigenvalue weighted by atomic mass is 16.5. The molecule has 0 spiro atoms. The van der Waals surface area contributed by atoms with Crippen molar-refractivity contribution in [3.63, 3.8) is 0 Å². The highest BCUT2D eigenvalue weighted by molar-refractivity contribution is 6.10. The Kier molecular flexibility index (Phi) is 4.40. The maximum absolute atomic E-state index is 12.9. The zero-order valence-electron chi connectivity index (χ0n) is 14.8. The first-order valence-corrected chi connectivity index (χ1v) is 9.15. The largest absolute Gasteiger partial charge is 0.381 e. The Bertz CT molecular complexity index is 727. The van der Waals surface area contributed by atoms with Crippen molar-refractivity contribution in [3.05, 3.63) is 29.8 Å². The predicted octanol–water partition coefficient (Wildman–Crippen LogP) is 1.45. The van der Waals surface area contributed by atoms with Gasteiger partial charge in [0.2, 0.25) is 5.91 Å². The molecule has 0 bridgehead atoms. The lowest BCUT2D eigenvalue weighted by molar-refractivity contribution is -0.135. The van der Waals surface area contributed by atoms with Crippen LogP contribution in [0, 0.1) is 12.8 Å². The van der Waals surface area contributed by atoms with Crippen LogP contribution in [-0.2, 0) is 14.3 Å². The number of nitrogens with one attached hydrogen (secondary N) is 1. The topological polar surface area (TPSA) is 79.0 Å². The number of aryl methyl sites for hydroxylation is 1. The molecular formula is C19H23N3O4. The van der Waals surface area contributed by atoms with Crippen LogP contribution in [0.5, 0.6) is 0 Å². The van der Waals surface area contributed by atoms with E-state index in [1.54, 1.807) is 4.90 Å². The Morgan fingerprint density at radius 3 is 2.54 bits per heavy atom. The van der Waals surface area contributed by atoms with Crippen LogP contribution in [0.4, 0.5) is 10.5 Å². The van der Waals surface area contributed by atoms with Gasteiger partial charge in [0.25, 0.3) is 5.91 Å². The first kappa shape index (κ1) is 17.0. The second kappa shape index (κ2) is 6.72. The number of ether oxygens (including phenoxy) is 1. The molecule has 4 rings (SSSR count). The molecule has 7 nitrogen and oxygen atoms in total. The summed E-state index contributed by atoms with van der Waals surface area (Å²) in [7, 11) is 0. The number of imide groups is 1. The third-order valence-electron chi connectivity index (χ3n) is 5.50. The maximum Gasteiger partial charge on any atom is 0.325 e. The van der Waals surface area contributed by atoms with Crippen molar-refractivity contribution in [3.8, 4) is 0 Å². The first-order valence-electron chi connectivity index (χ1n) is 9.15. The van der Waals surface area contributed by atoms with E-state index in [1.165, 1.54) is 0 Å². The number of carbonyl (C=O) groups excluding carboxylic acids is 3. The summed E-state index contributed by atoms with van der Waals surface area (Å²) in [4.78, 5) is 41.0. The molecule has 1 N–H and O–H groups in total. The summed E-state index contributed by atoms with van der Waals surface area (Å²) in [5, 5.41) is 2.77. The van der Waals surface area contributed by atoms with Gasteiger partial charge >= 0.3 is 6.03 Å². The van der Waals surface area contributed by atoms with Gasteiger partial charge in [-0.3, -0.25) is 9.59 Å². The van der Waals surface area contributed by atoms with Crippen LogP contribution in [0.3, 0.4) is 0 Å². The molecule has 3 aliphatic heterocycles. The lowest BCUT2D eigenvalue weighted by Gasteiger charge is -2.26. The third-order valence-corrected chi connectivity index (χ3v) is 5.50. The summed E-state index contributed by atoms with van der Waals surface area (Å²) in [6.07, 6.45) is 2.19. The van der Waals surface area contributed by atoms with E-state index in [2.05, 4.69) is 5.32 Å². The van der Waals surface area contributed by atoms with Crippen LogP contribution in [0.25, 0.3) is 0 Å². The molecule has 3 fully saturated rings. The molecular weight excluding hydrogens is 334 g/mol.